The lowest BCUT2D eigenvalue weighted by Gasteiger charge is -2.08. The van der Waals surface area contributed by atoms with Crippen molar-refractivity contribution in [3.63, 3.8) is 0 Å². The normalized spacial score (nSPS) is 13.0. The van der Waals surface area contributed by atoms with Crippen LogP contribution in [0.1, 0.15) is 137 Å². The molecule has 3 heterocycles. The molecule has 0 aliphatic heterocycles. The molecule has 4 aromatic rings. The van der Waals surface area contributed by atoms with Crippen molar-refractivity contribution in [2.24, 2.45) is 0 Å². The molecule has 0 spiro atoms. The first-order valence-electron chi connectivity index (χ1n) is 22.6. The van der Waals surface area contributed by atoms with Crippen molar-refractivity contribution in [1.82, 2.24) is 0 Å². The monoisotopic (exact) mass is 830 g/mol. The Kier molecular flexibility index (Phi) is 21.6. The number of nitrogens with zero attached hydrogens (tertiary/aromatic N) is 1. The molecule has 0 unspecified atom stereocenters. The highest BCUT2D eigenvalue weighted by atomic mass is 32.1. The van der Waals surface area contributed by atoms with Crippen molar-refractivity contribution in [3.05, 3.63) is 81.8 Å². The maximum atomic E-state index is 8.74. The topological polar surface area (TPSA) is 61.0 Å². The third kappa shape index (κ3) is 15.6. The summed E-state index contributed by atoms with van der Waals surface area (Å²) < 4.78 is 24.8. The van der Waals surface area contributed by atoms with Gasteiger partial charge in [0.15, 0.2) is 18.9 Å². The van der Waals surface area contributed by atoms with Gasteiger partial charge in [-0.05, 0) is 104 Å². The average Bonchev–Trinajstić information content (AvgIpc) is 3.98. The van der Waals surface area contributed by atoms with Gasteiger partial charge >= 0.3 is 0 Å². The van der Waals surface area contributed by atoms with Crippen LogP contribution in [0.4, 0.5) is 0 Å². The van der Waals surface area contributed by atoms with Crippen LogP contribution in [-0.2, 0) is 20.8 Å². The van der Waals surface area contributed by atoms with Gasteiger partial charge in [0.1, 0.15) is 12.4 Å². The zero-order chi connectivity index (χ0) is 40.6. The average molecular weight is 831 g/mol. The number of aryl methyl sites for hydroxylation is 2. The van der Waals surface area contributed by atoms with E-state index in [1.165, 1.54) is 143 Å². The summed E-state index contributed by atoms with van der Waals surface area (Å²) in [5.41, 5.74) is 8.45. The molecule has 1 N–H and O–H groups in total. The Balaban J connectivity index is 1.04. The van der Waals surface area contributed by atoms with Crippen molar-refractivity contribution in [2.75, 3.05) is 52.9 Å². The highest BCUT2D eigenvalue weighted by Crippen LogP contribution is 2.47. The standard InChI is InChI=1S/C50H72NO5S2/c1-4-5-6-7-8-9-10-11-12-13-14-15-16-17-31-56-44-23-21-42(22-24-44)49-38-47(40(2)57-49)45-19-18-20-46(45)48-39-50(58-41(48)3)43-25-27-51(28-26-43)29-32-53-34-36-55-37-35-54-33-30-52/h21-28,38-39,52H,4-20,29-37H2,1-3H3/q+1. The van der Waals surface area contributed by atoms with Gasteiger partial charge in [0.05, 0.1) is 46.2 Å². The number of unbranched alkanes of at least 4 members (excludes halogenated alkanes) is 13. The van der Waals surface area contributed by atoms with E-state index in [1.54, 1.807) is 0 Å². The Bertz CT molecular complexity index is 1740. The molecule has 0 bridgehead atoms. The van der Waals surface area contributed by atoms with Gasteiger partial charge in [0.2, 0.25) is 0 Å². The molecular formula is C50H72NO5S2+. The summed E-state index contributed by atoms with van der Waals surface area (Å²) in [6, 6.07) is 18.1. The molecule has 58 heavy (non-hydrogen) atoms. The van der Waals surface area contributed by atoms with E-state index in [4.69, 9.17) is 24.1 Å². The third-order valence-corrected chi connectivity index (χ3v) is 13.5. The van der Waals surface area contributed by atoms with Crippen LogP contribution in [0.15, 0.2) is 60.9 Å². The molecule has 6 nitrogen and oxygen atoms in total. The van der Waals surface area contributed by atoms with E-state index in [1.807, 2.05) is 22.7 Å². The molecule has 0 amide bonds. The highest BCUT2D eigenvalue weighted by Gasteiger charge is 2.23. The summed E-state index contributed by atoms with van der Waals surface area (Å²) in [7, 11) is 0. The number of hydrogen-bond acceptors (Lipinski definition) is 7. The zero-order valence-electron chi connectivity index (χ0n) is 36.0. The van der Waals surface area contributed by atoms with Gasteiger partial charge in [0.25, 0.3) is 0 Å². The number of aliphatic hydroxyl groups is 1. The molecule has 0 atom stereocenters. The van der Waals surface area contributed by atoms with Gasteiger partial charge in [-0.3, -0.25) is 0 Å². The summed E-state index contributed by atoms with van der Waals surface area (Å²) in [5.74, 6) is 0.981. The maximum Gasteiger partial charge on any atom is 0.171 e. The van der Waals surface area contributed by atoms with Crippen molar-refractivity contribution in [2.45, 2.75) is 136 Å². The van der Waals surface area contributed by atoms with Gasteiger partial charge in [-0.15, -0.1) is 22.7 Å². The van der Waals surface area contributed by atoms with Crippen LogP contribution in [0.2, 0.25) is 0 Å². The fourth-order valence-corrected chi connectivity index (χ4v) is 10.0. The molecule has 0 fully saturated rings. The number of thiophene rings is 2. The van der Waals surface area contributed by atoms with E-state index < -0.39 is 0 Å². The quantitative estimate of drug-likeness (QED) is 0.0404. The van der Waals surface area contributed by atoms with Crippen molar-refractivity contribution in [1.29, 1.82) is 0 Å². The first-order chi connectivity index (χ1) is 28.6. The number of benzene rings is 1. The van der Waals surface area contributed by atoms with Gasteiger partial charge in [-0.25, -0.2) is 4.57 Å². The largest absolute Gasteiger partial charge is 0.494 e. The number of aliphatic hydroxyl groups excluding tert-OH is 1. The summed E-state index contributed by atoms with van der Waals surface area (Å²) in [4.78, 5) is 5.46. The molecule has 1 aliphatic rings. The second-order valence-electron chi connectivity index (χ2n) is 15.8. The van der Waals surface area contributed by atoms with E-state index in [0.717, 1.165) is 38.2 Å². The third-order valence-electron chi connectivity index (χ3n) is 11.3. The van der Waals surface area contributed by atoms with Crippen molar-refractivity contribution in [3.8, 4) is 26.6 Å². The molecule has 8 heteroatoms. The van der Waals surface area contributed by atoms with Crippen LogP contribution in [-0.4, -0.2) is 58.0 Å². The number of pyridine rings is 1. The molecule has 0 radical (unpaired) electrons. The summed E-state index contributed by atoms with van der Waals surface area (Å²) in [6.45, 7) is 11.6. The predicted molar refractivity (Wildman–Crippen MR) is 245 cm³/mol. The fourth-order valence-electron chi connectivity index (χ4n) is 7.94. The van der Waals surface area contributed by atoms with Crippen LogP contribution in [0.3, 0.4) is 0 Å². The number of allylic oxidation sites excluding steroid dienone is 2. The van der Waals surface area contributed by atoms with Gasteiger partial charge < -0.3 is 24.1 Å². The van der Waals surface area contributed by atoms with E-state index in [2.05, 4.69) is 86.3 Å². The number of rotatable bonds is 31. The molecule has 5 rings (SSSR count). The van der Waals surface area contributed by atoms with E-state index >= 15 is 0 Å². The zero-order valence-corrected chi connectivity index (χ0v) is 37.6. The molecule has 1 aliphatic carbocycles. The smallest absolute Gasteiger partial charge is 0.171 e. The Morgan fingerprint density at radius 3 is 1.53 bits per heavy atom. The SMILES string of the molecule is CCCCCCCCCCCCCCCCOc1ccc(-c2cc(C3=C(c4cc(-c5cc[n+](CCOCCOCCOCCO)cc5)sc4C)CCC3)c(C)s2)cc1. The van der Waals surface area contributed by atoms with Crippen molar-refractivity contribution < 1.29 is 28.6 Å². The number of hydrogen-bond donors (Lipinski definition) is 1. The highest BCUT2D eigenvalue weighted by molar-refractivity contribution is 7.16. The maximum absolute atomic E-state index is 8.74. The van der Waals surface area contributed by atoms with Crippen molar-refractivity contribution >= 4 is 33.8 Å². The summed E-state index contributed by atoms with van der Waals surface area (Å²) in [5, 5.41) is 8.74. The minimum Gasteiger partial charge on any atom is -0.494 e. The van der Waals surface area contributed by atoms with Gasteiger partial charge in [-0.1, -0.05) is 90.4 Å². The lowest BCUT2D eigenvalue weighted by molar-refractivity contribution is -0.698. The Morgan fingerprint density at radius 2 is 1.02 bits per heavy atom. The molecule has 3 aromatic heterocycles. The minimum atomic E-state index is 0.0404. The Hall–Kier alpha value is -2.85. The van der Waals surface area contributed by atoms with Crippen LogP contribution < -0.4 is 9.30 Å². The van der Waals surface area contributed by atoms with Crippen LogP contribution in [0.5, 0.6) is 5.75 Å². The summed E-state index contributed by atoms with van der Waals surface area (Å²) in [6.07, 6.45) is 27.1. The fraction of sp³-hybridized carbons (Fsp3) is 0.580. The first-order valence-corrected chi connectivity index (χ1v) is 24.2. The van der Waals surface area contributed by atoms with E-state index in [0.29, 0.717) is 39.6 Å². The summed E-state index contributed by atoms with van der Waals surface area (Å²) >= 11 is 3.82. The van der Waals surface area contributed by atoms with Crippen LogP contribution in [0, 0.1) is 13.8 Å². The molecule has 0 saturated heterocycles. The second kappa shape index (κ2) is 27.1. The molecule has 0 saturated carbocycles. The number of aromatic nitrogens is 1. The minimum absolute atomic E-state index is 0.0404. The van der Waals surface area contributed by atoms with Gasteiger partial charge in [0, 0.05) is 37.2 Å². The predicted octanol–water partition coefficient (Wildman–Crippen LogP) is 13.0. The van der Waals surface area contributed by atoms with Crippen LogP contribution in [0.25, 0.3) is 32.0 Å². The first kappa shape index (κ1) is 46.2. The Labute approximate surface area is 358 Å². The molecular weight excluding hydrogens is 759 g/mol. The second-order valence-corrected chi connectivity index (χ2v) is 18.3. The number of ether oxygens (including phenoxy) is 4. The van der Waals surface area contributed by atoms with Crippen LogP contribution >= 0.6 is 22.7 Å². The lowest BCUT2D eigenvalue weighted by Crippen LogP contribution is -2.35. The van der Waals surface area contributed by atoms with Gasteiger partial charge in [-0.2, -0.15) is 0 Å². The lowest BCUT2D eigenvalue weighted by atomic mass is 9.97. The molecule has 1 aromatic carbocycles. The van der Waals surface area contributed by atoms with E-state index in [-0.39, 0.29) is 6.61 Å². The van der Waals surface area contributed by atoms with E-state index in [9.17, 15) is 0 Å². The Morgan fingerprint density at radius 1 is 0.552 bits per heavy atom. The molecule has 318 valence electrons.